The lowest BCUT2D eigenvalue weighted by Crippen LogP contribution is -2.23. The zero-order chi connectivity index (χ0) is 18.0. The number of nitrogens with one attached hydrogen (secondary N) is 1. The van der Waals surface area contributed by atoms with Crippen molar-refractivity contribution >= 4 is 50.6 Å². The van der Waals surface area contributed by atoms with E-state index in [1.165, 1.54) is 24.3 Å². The topological polar surface area (TPSA) is 98.8 Å². The summed E-state index contributed by atoms with van der Waals surface area (Å²) in [7, 11) is -3.90. The monoisotopic (exact) mass is 401 g/mol. The van der Waals surface area contributed by atoms with Gasteiger partial charge in [0.05, 0.1) is 22.2 Å². The summed E-state index contributed by atoms with van der Waals surface area (Å²) in [6.45, 7) is 0.185. The first-order valence-corrected chi connectivity index (χ1v) is 9.79. The van der Waals surface area contributed by atoms with Gasteiger partial charge in [0.1, 0.15) is 4.21 Å². The first-order valence-electron chi connectivity index (χ1n) is 7.11. The summed E-state index contributed by atoms with van der Waals surface area (Å²) in [4.78, 5) is 23.7. The largest absolute Gasteiger partial charge is 0.463 e. The van der Waals surface area contributed by atoms with Gasteiger partial charge in [0.2, 0.25) is 6.10 Å². The molecular weight excluding hydrogens is 390 g/mol. The Morgan fingerprint density at radius 1 is 1.28 bits per heavy atom. The van der Waals surface area contributed by atoms with E-state index in [1.807, 2.05) is 0 Å². The summed E-state index contributed by atoms with van der Waals surface area (Å²) < 4.78 is 37.3. The van der Waals surface area contributed by atoms with E-state index in [9.17, 15) is 18.0 Å². The minimum Gasteiger partial charge on any atom is -0.463 e. The van der Waals surface area contributed by atoms with Crippen molar-refractivity contribution in [1.29, 1.82) is 0 Å². The number of para-hydroxylation sites is 1. The molecule has 10 heteroatoms. The average molecular weight is 402 g/mol. The fourth-order valence-corrected chi connectivity index (χ4v) is 4.73. The zero-order valence-electron chi connectivity index (χ0n) is 12.6. The van der Waals surface area contributed by atoms with Gasteiger partial charge in [-0.3, -0.25) is 4.72 Å². The number of sulfonamides is 1. The van der Waals surface area contributed by atoms with Crippen molar-refractivity contribution in [3.8, 4) is 0 Å². The smallest absolute Gasteiger partial charge is 0.347 e. The Balaban J connectivity index is 1.83. The lowest BCUT2D eigenvalue weighted by atomic mass is 10.2. The van der Waals surface area contributed by atoms with Crippen molar-refractivity contribution in [2.45, 2.75) is 16.7 Å². The van der Waals surface area contributed by atoms with Gasteiger partial charge >= 0.3 is 11.9 Å². The second-order valence-electron chi connectivity index (χ2n) is 5.06. The highest BCUT2D eigenvalue weighted by molar-refractivity contribution is 7.94. The highest BCUT2D eigenvalue weighted by Gasteiger charge is 2.31. The van der Waals surface area contributed by atoms with E-state index in [2.05, 4.69) is 4.72 Å². The Bertz CT molecular complexity index is 924. The number of carbonyl (C=O) groups excluding carboxylic acids is 2. The molecular formula is C15H12ClNO6S2. The molecule has 1 aliphatic rings. The van der Waals surface area contributed by atoms with Crippen molar-refractivity contribution < 1.29 is 27.5 Å². The summed E-state index contributed by atoms with van der Waals surface area (Å²) in [5, 5.41) is 0. The van der Waals surface area contributed by atoms with Crippen LogP contribution >= 0.6 is 22.9 Å². The number of benzene rings is 1. The van der Waals surface area contributed by atoms with Crippen LogP contribution in [-0.2, 0) is 24.3 Å². The van der Waals surface area contributed by atoms with Crippen molar-refractivity contribution in [3.63, 3.8) is 0 Å². The summed E-state index contributed by atoms with van der Waals surface area (Å²) in [5.41, 5.74) is 0.0387. The third-order valence-corrected chi connectivity index (χ3v) is 6.43. The molecule has 0 unspecified atom stereocenters. The standard InChI is InChI=1S/C15H12ClNO6S2/c16-12-5-6-13(24-12)25(20,21)17-10-4-2-1-3-9(10)14(18)23-11-7-8-22-15(11)19/h1-6,11,17H,7-8H2/t11-/m1/s1. The zero-order valence-corrected chi connectivity index (χ0v) is 15.0. The predicted octanol–water partition coefficient (Wildman–Crippen LogP) is 2.67. The summed E-state index contributed by atoms with van der Waals surface area (Å²) in [5.74, 6) is -1.42. The van der Waals surface area contributed by atoms with Gasteiger partial charge in [-0.2, -0.15) is 0 Å². The van der Waals surface area contributed by atoms with Crippen LogP contribution in [0.1, 0.15) is 16.8 Å². The maximum atomic E-state index is 12.4. The average Bonchev–Trinajstić information content (AvgIpc) is 3.17. The maximum Gasteiger partial charge on any atom is 0.347 e. The van der Waals surface area contributed by atoms with Crippen LogP contribution in [0.4, 0.5) is 5.69 Å². The second-order valence-corrected chi connectivity index (χ2v) is 8.68. The summed E-state index contributed by atoms with van der Waals surface area (Å²) in [6, 6.07) is 8.79. The Morgan fingerprint density at radius 2 is 2.04 bits per heavy atom. The van der Waals surface area contributed by atoms with Crippen LogP contribution in [0.25, 0.3) is 0 Å². The van der Waals surface area contributed by atoms with Crippen molar-refractivity contribution in [2.24, 2.45) is 0 Å². The minimum absolute atomic E-state index is 0.00609. The molecule has 1 aliphatic heterocycles. The highest BCUT2D eigenvalue weighted by atomic mass is 35.5. The normalized spacial score (nSPS) is 17.2. The minimum atomic E-state index is -3.90. The molecule has 0 aliphatic carbocycles. The van der Waals surface area contributed by atoms with E-state index < -0.39 is 28.1 Å². The quantitative estimate of drug-likeness (QED) is 0.773. The van der Waals surface area contributed by atoms with Crippen LogP contribution in [0.15, 0.2) is 40.6 Å². The van der Waals surface area contributed by atoms with Crippen LogP contribution in [-0.4, -0.2) is 33.1 Å². The molecule has 1 N–H and O–H groups in total. The number of ether oxygens (including phenoxy) is 2. The van der Waals surface area contributed by atoms with Gasteiger partial charge in [-0.15, -0.1) is 11.3 Å². The molecule has 7 nitrogen and oxygen atoms in total. The van der Waals surface area contributed by atoms with E-state index >= 15 is 0 Å². The third kappa shape index (κ3) is 3.94. The molecule has 0 amide bonds. The lowest BCUT2D eigenvalue weighted by Gasteiger charge is -2.13. The molecule has 3 rings (SSSR count). The molecule has 0 bridgehead atoms. The number of hydrogen-bond donors (Lipinski definition) is 1. The molecule has 0 radical (unpaired) electrons. The van der Waals surface area contributed by atoms with E-state index in [1.54, 1.807) is 12.1 Å². The molecule has 0 spiro atoms. The van der Waals surface area contributed by atoms with Gasteiger partial charge in [0.25, 0.3) is 10.0 Å². The first-order chi connectivity index (χ1) is 11.9. The van der Waals surface area contributed by atoms with Gasteiger partial charge in [0, 0.05) is 6.42 Å². The molecule has 2 aromatic rings. The van der Waals surface area contributed by atoms with Crippen LogP contribution in [0, 0.1) is 0 Å². The fraction of sp³-hybridized carbons (Fsp3) is 0.200. The predicted molar refractivity (Wildman–Crippen MR) is 91.4 cm³/mol. The molecule has 1 atom stereocenters. The Labute approximate surface area is 152 Å². The number of rotatable bonds is 5. The van der Waals surface area contributed by atoms with E-state index in [0.717, 1.165) is 11.3 Å². The highest BCUT2D eigenvalue weighted by Crippen LogP contribution is 2.28. The Hall–Kier alpha value is -2.10. The lowest BCUT2D eigenvalue weighted by molar-refractivity contribution is -0.145. The molecule has 2 heterocycles. The van der Waals surface area contributed by atoms with Crippen LogP contribution in [0.3, 0.4) is 0 Å². The van der Waals surface area contributed by atoms with Crippen molar-refractivity contribution in [3.05, 3.63) is 46.3 Å². The molecule has 132 valence electrons. The van der Waals surface area contributed by atoms with Crippen LogP contribution < -0.4 is 4.72 Å². The molecule has 1 aromatic heterocycles. The molecule has 1 aromatic carbocycles. The third-order valence-electron chi connectivity index (χ3n) is 3.34. The van der Waals surface area contributed by atoms with E-state index in [0.29, 0.717) is 4.34 Å². The molecule has 1 fully saturated rings. The maximum absolute atomic E-state index is 12.4. The number of hydrogen-bond acceptors (Lipinski definition) is 7. The van der Waals surface area contributed by atoms with Crippen LogP contribution in [0.2, 0.25) is 4.34 Å². The number of cyclic esters (lactones) is 1. The second kappa shape index (κ2) is 7.03. The van der Waals surface area contributed by atoms with Gasteiger partial charge < -0.3 is 9.47 Å². The molecule has 0 saturated carbocycles. The van der Waals surface area contributed by atoms with Crippen LogP contribution in [0.5, 0.6) is 0 Å². The van der Waals surface area contributed by atoms with Gasteiger partial charge in [0.15, 0.2) is 0 Å². The van der Waals surface area contributed by atoms with Crippen molar-refractivity contribution in [1.82, 2.24) is 0 Å². The van der Waals surface area contributed by atoms with Gasteiger partial charge in [-0.25, -0.2) is 18.0 Å². The number of thiophene rings is 1. The summed E-state index contributed by atoms with van der Waals surface area (Å²) >= 11 is 6.66. The number of esters is 2. The summed E-state index contributed by atoms with van der Waals surface area (Å²) in [6.07, 6.45) is -0.708. The molecule has 1 saturated heterocycles. The Kier molecular flexibility index (Phi) is 4.98. The first kappa shape index (κ1) is 17.7. The SMILES string of the molecule is O=C(O[C@@H]1CCOC1=O)c1ccccc1NS(=O)(=O)c1ccc(Cl)s1. The van der Waals surface area contributed by atoms with Crippen molar-refractivity contribution in [2.75, 3.05) is 11.3 Å². The number of anilines is 1. The fourth-order valence-electron chi connectivity index (χ4n) is 2.16. The van der Waals surface area contributed by atoms with E-state index in [4.69, 9.17) is 21.1 Å². The Morgan fingerprint density at radius 3 is 2.68 bits per heavy atom. The van der Waals surface area contributed by atoms with Gasteiger partial charge in [-0.05, 0) is 24.3 Å². The molecule has 25 heavy (non-hydrogen) atoms. The van der Waals surface area contributed by atoms with E-state index in [-0.39, 0.29) is 28.5 Å². The number of carbonyl (C=O) groups is 2. The number of halogens is 1. The van der Waals surface area contributed by atoms with Gasteiger partial charge in [-0.1, -0.05) is 23.7 Å².